The van der Waals surface area contributed by atoms with Crippen LogP contribution in [0.25, 0.3) is 0 Å². The van der Waals surface area contributed by atoms with E-state index >= 15 is 0 Å². The Morgan fingerprint density at radius 2 is 1.95 bits per heavy atom. The number of ether oxygens (including phenoxy) is 1. The standard InChI is InChI=1S/C15H15FN2O2/c1-9-3-4-10(16)7-14(9)18-13-6-5-11(17)8-12(13)15(19)20-2/h3-8,18H,17H2,1-2H3. The molecular weight excluding hydrogens is 259 g/mol. The first-order valence-corrected chi connectivity index (χ1v) is 6.02. The fraction of sp³-hybridized carbons (Fsp3) is 0.133. The molecule has 0 bridgehead atoms. The fourth-order valence-corrected chi connectivity index (χ4v) is 1.82. The lowest BCUT2D eigenvalue weighted by Gasteiger charge is -2.13. The number of nitrogens with one attached hydrogen (secondary N) is 1. The molecule has 3 N–H and O–H groups in total. The van der Waals surface area contributed by atoms with E-state index in [2.05, 4.69) is 5.32 Å². The van der Waals surface area contributed by atoms with Gasteiger partial charge in [0.15, 0.2) is 0 Å². The van der Waals surface area contributed by atoms with Crippen LogP contribution in [-0.2, 0) is 4.74 Å². The highest BCUT2D eigenvalue weighted by atomic mass is 19.1. The molecule has 2 rings (SSSR count). The largest absolute Gasteiger partial charge is 0.465 e. The van der Waals surface area contributed by atoms with Gasteiger partial charge in [-0.1, -0.05) is 6.07 Å². The van der Waals surface area contributed by atoms with Crippen molar-refractivity contribution in [3.8, 4) is 0 Å². The van der Waals surface area contributed by atoms with Gasteiger partial charge < -0.3 is 15.8 Å². The summed E-state index contributed by atoms with van der Waals surface area (Å²) in [5.41, 5.74) is 8.38. The van der Waals surface area contributed by atoms with E-state index in [4.69, 9.17) is 10.5 Å². The van der Waals surface area contributed by atoms with Crippen LogP contribution in [0.5, 0.6) is 0 Å². The summed E-state index contributed by atoms with van der Waals surface area (Å²) in [6, 6.07) is 9.24. The smallest absolute Gasteiger partial charge is 0.340 e. The van der Waals surface area contributed by atoms with E-state index < -0.39 is 5.97 Å². The summed E-state index contributed by atoms with van der Waals surface area (Å²) in [6.45, 7) is 1.84. The zero-order valence-corrected chi connectivity index (χ0v) is 11.2. The first-order valence-electron chi connectivity index (χ1n) is 6.02. The lowest BCUT2D eigenvalue weighted by Crippen LogP contribution is -2.07. The summed E-state index contributed by atoms with van der Waals surface area (Å²) < 4.78 is 18.0. The third kappa shape index (κ3) is 2.88. The third-order valence-corrected chi connectivity index (χ3v) is 2.92. The van der Waals surface area contributed by atoms with E-state index in [1.807, 2.05) is 6.92 Å². The van der Waals surface area contributed by atoms with Gasteiger partial charge in [0, 0.05) is 11.4 Å². The number of aryl methyl sites for hydroxylation is 1. The second-order valence-corrected chi connectivity index (χ2v) is 4.38. The molecule has 104 valence electrons. The molecule has 0 aliphatic rings. The summed E-state index contributed by atoms with van der Waals surface area (Å²) in [5.74, 6) is -0.859. The van der Waals surface area contributed by atoms with Gasteiger partial charge in [0.05, 0.1) is 18.4 Å². The average Bonchev–Trinajstić information content (AvgIpc) is 2.43. The van der Waals surface area contributed by atoms with Crippen molar-refractivity contribution in [3.63, 3.8) is 0 Å². The fourth-order valence-electron chi connectivity index (χ4n) is 1.82. The number of nitrogens with two attached hydrogens (primary N) is 1. The molecule has 0 heterocycles. The lowest BCUT2D eigenvalue weighted by atomic mass is 10.1. The second kappa shape index (κ2) is 5.61. The predicted octanol–water partition coefficient (Wildman–Crippen LogP) is 3.25. The zero-order chi connectivity index (χ0) is 14.7. The molecule has 0 saturated heterocycles. The van der Waals surface area contributed by atoms with Gasteiger partial charge >= 0.3 is 5.97 Å². The molecule has 2 aromatic rings. The van der Waals surface area contributed by atoms with E-state index in [0.717, 1.165) is 5.56 Å². The molecule has 0 saturated carbocycles. The highest BCUT2D eigenvalue weighted by Gasteiger charge is 2.13. The van der Waals surface area contributed by atoms with Crippen LogP contribution in [0.1, 0.15) is 15.9 Å². The number of methoxy groups -OCH3 is 1. The number of anilines is 3. The molecule has 0 unspecified atom stereocenters. The number of rotatable bonds is 3. The summed E-state index contributed by atoms with van der Waals surface area (Å²) in [7, 11) is 1.29. The molecule has 20 heavy (non-hydrogen) atoms. The maximum Gasteiger partial charge on any atom is 0.340 e. The minimum absolute atomic E-state index is 0.302. The number of hydrogen-bond acceptors (Lipinski definition) is 4. The molecule has 0 aromatic heterocycles. The van der Waals surface area contributed by atoms with Crippen molar-refractivity contribution in [3.05, 3.63) is 53.3 Å². The maximum atomic E-state index is 13.3. The summed E-state index contributed by atoms with van der Waals surface area (Å²) in [5, 5.41) is 3.03. The third-order valence-electron chi connectivity index (χ3n) is 2.92. The van der Waals surface area contributed by atoms with Crippen LogP contribution in [0.3, 0.4) is 0 Å². The quantitative estimate of drug-likeness (QED) is 0.666. The van der Waals surface area contributed by atoms with Crippen LogP contribution < -0.4 is 11.1 Å². The van der Waals surface area contributed by atoms with Crippen LogP contribution in [0.15, 0.2) is 36.4 Å². The molecule has 0 atom stereocenters. The molecule has 0 amide bonds. The van der Waals surface area contributed by atoms with Crippen LogP contribution in [0, 0.1) is 12.7 Å². The normalized spacial score (nSPS) is 10.2. The Morgan fingerprint density at radius 3 is 2.65 bits per heavy atom. The number of benzene rings is 2. The topological polar surface area (TPSA) is 64.3 Å². The minimum atomic E-state index is -0.506. The van der Waals surface area contributed by atoms with Crippen LogP contribution in [0.4, 0.5) is 21.5 Å². The molecule has 4 nitrogen and oxygen atoms in total. The number of esters is 1. The van der Waals surface area contributed by atoms with E-state index in [1.54, 1.807) is 18.2 Å². The Kier molecular flexibility index (Phi) is 3.89. The molecular formula is C15H15FN2O2. The summed E-state index contributed by atoms with van der Waals surface area (Å²) in [4.78, 5) is 11.7. The second-order valence-electron chi connectivity index (χ2n) is 4.38. The molecule has 0 spiro atoms. The van der Waals surface area contributed by atoms with E-state index in [9.17, 15) is 9.18 Å². The van der Waals surface area contributed by atoms with Crippen molar-refractivity contribution in [1.29, 1.82) is 0 Å². The SMILES string of the molecule is COC(=O)c1cc(N)ccc1Nc1cc(F)ccc1C. The van der Waals surface area contributed by atoms with Crippen molar-refractivity contribution in [2.75, 3.05) is 18.2 Å². The van der Waals surface area contributed by atoms with Gasteiger partial charge in [-0.15, -0.1) is 0 Å². The number of carbonyl (C=O) groups excluding carboxylic acids is 1. The monoisotopic (exact) mass is 274 g/mol. The van der Waals surface area contributed by atoms with E-state index in [0.29, 0.717) is 22.6 Å². The van der Waals surface area contributed by atoms with Crippen LogP contribution in [0.2, 0.25) is 0 Å². The first kappa shape index (κ1) is 13.9. The summed E-state index contributed by atoms with van der Waals surface area (Å²) >= 11 is 0. The van der Waals surface area contributed by atoms with Gasteiger partial charge in [0.25, 0.3) is 0 Å². The number of carbonyl (C=O) groups is 1. The Hall–Kier alpha value is -2.56. The molecule has 0 radical (unpaired) electrons. The molecule has 0 fully saturated rings. The van der Waals surface area contributed by atoms with Gasteiger partial charge in [-0.05, 0) is 42.8 Å². The highest BCUT2D eigenvalue weighted by Crippen LogP contribution is 2.26. The zero-order valence-electron chi connectivity index (χ0n) is 11.2. The van der Waals surface area contributed by atoms with Gasteiger partial charge in [-0.25, -0.2) is 9.18 Å². The van der Waals surface area contributed by atoms with Gasteiger partial charge in [0.1, 0.15) is 5.82 Å². The maximum absolute atomic E-state index is 13.3. The number of hydrogen-bond donors (Lipinski definition) is 2. The van der Waals surface area contributed by atoms with Crippen molar-refractivity contribution < 1.29 is 13.9 Å². The molecule has 0 aliphatic heterocycles. The minimum Gasteiger partial charge on any atom is -0.465 e. The number of nitrogen functional groups attached to an aromatic ring is 1. The van der Waals surface area contributed by atoms with Crippen molar-refractivity contribution >= 4 is 23.0 Å². The first-order chi connectivity index (χ1) is 9.51. The van der Waals surface area contributed by atoms with Crippen molar-refractivity contribution in [1.82, 2.24) is 0 Å². The van der Waals surface area contributed by atoms with E-state index in [-0.39, 0.29) is 5.82 Å². The predicted molar refractivity (Wildman–Crippen MR) is 76.6 cm³/mol. The van der Waals surface area contributed by atoms with Crippen LogP contribution in [-0.4, -0.2) is 13.1 Å². The Labute approximate surface area is 116 Å². The average molecular weight is 274 g/mol. The Balaban J connectivity index is 2.43. The van der Waals surface area contributed by atoms with Gasteiger partial charge in [0.2, 0.25) is 0 Å². The number of halogens is 1. The van der Waals surface area contributed by atoms with Crippen LogP contribution >= 0.6 is 0 Å². The van der Waals surface area contributed by atoms with Crippen molar-refractivity contribution in [2.45, 2.75) is 6.92 Å². The molecule has 5 heteroatoms. The lowest BCUT2D eigenvalue weighted by molar-refractivity contribution is 0.0602. The van der Waals surface area contributed by atoms with Gasteiger partial charge in [-0.3, -0.25) is 0 Å². The molecule has 0 aliphatic carbocycles. The Morgan fingerprint density at radius 1 is 1.20 bits per heavy atom. The molecule has 2 aromatic carbocycles. The highest BCUT2D eigenvalue weighted by molar-refractivity contribution is 5.97. The Bertz CT molecular complexity index is 656. The van der Waals surface area contributed by atoms with Gasteiger partial charge in [-0.2, -0.15) is 0 Å². The van der Waals surface area contributed by atoms with E-state index in [1.165, 1.54) is 25.3 Å². The van der Waals surface area contributed by atoms with Crippen molar-refractivity contribution in [2.24, 2.45) is 0 Å². The summed E-state index contributed by atoms with van der Waals surface area (Å²) in [6.07, 6.45) is 0.